The molecule has 0 spiro atoms. The van der Waals surface area contributed by atoms with E-state index in [1.54, 1.807) is 0 Å². The van der Waals surface area contributed by atoms with Gasteiger partial charge in [-0.15, -0.1) is 0 Å². The molecule has 2 amide bonds. The highest BCUT2D eigenvalue weighted by atomic mass is 19.1. The number of hydrogen-bond acceptors (Lipinski definition) is 5. The van der Waals surface area contributed by atoms with Gasteiger partial charge in [-0.1, -0.05) is 25.1 Å². The highest BCUT2D eigenvalue weighted by molar-refractivity contribution is 5.95. The summed E-state index contributed by atoms with van der Waals surface area (Å²) in [5.74, 6) is -1.36. The predicted octanol–water partition coefficient (Wildman–Crippen LogP) is 3.00. The van der Waals surface area contributed by atoms with Crippen LogP contribution in [0.15, 0.2) is 36.4 Å². The van der Waals surface area contributed by atoms with Gasteiger partial charge in [-0.2, -0.15) is 0 Å². The molecule has 164 valence electrons. The van der Waals surface area contributed by atoms with Crippen molar-refractivity contribution < 1.29 is 18.9 Å². The first-order valence-corrected chi connectivity index (χ1v) is 10.1. The second-order valence-corrected chi connectivity index (χ2v) is 7.49. The number of nitro benzene ring substituents is 1. The molecule has 1 N–H and O–H groups in total. The van der Waals surface area contributed by atoms with E-state index in [2.05, 4.69) is 5.32 Å². The minimum Gasteiger partial charge on any atom is -0.336 e. The Morgan fingerprint density at radius 2 is 1.84 bits per heavy atom. The molecule has 1 heterocycles. The van der Waals surface area contributed by atoms with Crippen LogP contribution < -0.4 is 5.32 Å². The maximum atomic E-state index is 14.0. The van der Waals surface area contributed by atoms with E-state index in [4.69, 9.17) is 0 Å². The Kier molecular flexibility index (Phi) is 6.96. The maximum Gasteiger partial charge on any atom is 0.276 e. The maximum absolute atomic E-state index is 14.0. The number of aryl methyl sites for hydroxylation is 1. The zero-order valence-corrected chi connectivity index (χ0v) is 17.6. The zero-order valence-electron chi connectivity index (χ0n) is 17.6. The molecule has 0 atom stereocenters. The Morgan fingerprint density at radius 3 is 2.48 bits per heavy atom. The van der Waals surface area contributed by atoms with Crippen molar-refractivity contribution in [3.8, 4) is 0 Å². The van der Waals surface area contributed by atoms with E-state index in [1.807, 2.05) is 36.1 Å². The van der Waals surface area contributed by atoms with E-state index in [-0.39, 0.29) is 23.6 Å². The largest absolute Gasteiger partial charge is 0.336 e. The summed E-state index contributed by atoms with van der Waals surface area (Å²) in [5.41, 5.74) is 1.31. The minimum absolute atomic E-state index is 0.0443. The van der Waals surface area contributed by atoms with Crippen LogP contribution in [-0.4, -0.2) is 59.3 Å². The molecule has 0 radical (unpaired) electrons. The molecule has 1 fully saturated rings. The summed E-state index contributed by atoms with van der Waals surface area (Å²) in [6.07, 6.45) is 0.814. The lowest BCUT2D eigenvalue weighted by atomic mass is 10.1. The lowest BCUT2D eigenvalue weighted by molar-refractivity contribution is -0.385. The number of carbonyl (C=O) groups excluding carboxylic acids is 2. The Balaban J connectivity index is 1.57. The quantitative estimate of drug-likeness (QED) is 0.564. The van der Waals surface area contributed by atoms with Crippen molar-refractivity contribution in [2.24, 2.45) is 0 Å². The molecule has 0 aromatic heterocycles. The number of nitro groups is 1. The van der Waals surface area contributed by atoms with Crippen LogP contribution in [0.25, 0.3) is 0 Å². The summed E-state index contributed by atoms with van der Waals surface area (Å²) in [7, 11) is 0. The average molecular weight is 428 g/mol. The van der Waals surface area contributed by atoms with Gasteiger partial charge in [0.15, 0.2) is 0 Å². The highest BCUT2D eigenvalue weighted by Crippen LogP contribution is 2.24. The highest BCUT2D eigenvalue weighted by Gasteiger charge is 2.26. The Hall–Kier alpha value is -3.33. The van der Waals surface area contributed by atoms with Gasteiger partial charge in [-0.25, -0.2) is 4.39 Å². The van der Waals surface area contributed by atoms with Crippen molar-refractivity contribution in [3.63, 3.8) is 0 Å². The second kappa shape index (κ2) is 9.65. The molecule has 1 saturated heterocycles. The van der Waals surface area contributed by atoms with Crippen LogP contribution in [-0.2, 0) is 11.2 Å². The molecule has 0 unspecified atom stereocenters. The molecule has 0 bridgehead atoms. The Bertz CT molecular complexity index is 1000. The molecule has 9 heteroatoms. The fourth-order valence-corrected chi connectivity index (χ4v) is 3.61. The lowest BCUT2D eigenvalue weighted by Crippen LogP contribution is -2.50. The summed E-state index contributed by atoms with van der Waals surface area (Å²) < 4.78 is 14.0. The number of hydrogen-bond donors (Lipinski definition) is 1. The number of piperazine rings is 1. The monoisotopic (exact) mass is 428 g/mol. The smallest absolute Gasteiger partial charge is 0.276 e. The molecular weight excluding hydrogens is 403 g/mol. The molecule has 1 aliphatic rings. The zero-order chi connectivity index (χ0) is 22.5. The molecule has 2 aromatic carbocycles. The standard InChI is InChI=1S/C22H25FN4O4/c1-3-16-6-4-5-7-19(16)24-21(28)14-25-8-10-26(11-9-25)22(29)17-12-18(23)15(2)20(13-17)27(30)31/h4-7,12-13H,3,8-11,14H2,1-2H3,(H,24,28). The molecule has 8 nitrogen and oxygen atoms in total. The fourth-order valence-electron chi connectivity index (χ4n) is 3.61. The summed E-state index contributed by atoms with van der Waals surface area (Å²) in [4.78, 5) is 39.0. The van der Waals surface area contributed by atoms with Crippen molar-refractivity contribution in [1.29, 1.82) is 0 Å². The lowest BCUT2D eigenvalue weighted by Gasteiger charge is -2.34. The third kappa shape index (κ3) is 5.24. The van der Waals surface area contributed by atoms with Crippen LogP contribution >= 0.6 is 0 Å². The van der Waals surface area contributed by atoms with Gasteiger partial charge in [0.1, 0.15) is 5.82 Å². The number of nitrogens with zero attached hydrogens (tertiary/aromatic N) is 3. The molecule has 0 aliphatic carbocycles. The van der Waals surface area contributed by atoms with Crippen molar-refractivity contribution in [2.75, 3.05) is 38.0 Å². The first-order valence-electron chi connectivity index (χ1n) is 10.1. The third-order valence-electron chi connectivity index (χ3n) is 5.46. The summed E-state index contributed by atoms with van der Waals surface area (Å²) in [5, 5.41) is 14.0. The molecule has 3 rings (SSSR count). The Morgan fingerprint density at radius 1 is 1.16 bits per heavy atom. The van der Waals surface area contributed by atoms with Crippen LogP contribution in [0.5, 0.6) is 0 Å². The van der Waals surface area contributed by atoms with Crippen LogP contribution in [0, 0.1) is 22.9 Å². The van der Waals surface area contributed by atoms with Crippen LogP contribution in [0.2, 0.25) is 0 Å². The van der Waals surface area contributed by atoms with Crippen molar-refractivity contribution in [1.82, 2.24) is 9.80 Å². The van der Waals surface area contributed by atoms with E-state index in [1.165, 1.54) is 11.8 Å². The Labute approximate surface area is 179 Å². The molecule has 2 aromatic rings. The van der Waals surface area contributed by atoms with E-state index in [0.29, 0.717) is 26.2 Å². The first kappa shape index (κ1) is 22.4. The van der Waals surface area contributed by atoms with E-state index in [9.17, 15) is 24.1 Å². The van der Waals surface area contributed by atoms with E-state index >= 15 is 0 Å². The number of anilines is 1. The van der Waals surface area contributed by atoms with Gasteiger partial charge in [0.25, 0.3) is 11.6 Å². The topological polar surface area (TPSA) is 95.8 Å². The number of halogens is 1. The number of nitrogens with one attached hydrogen (secondary N) is 1. The summed E-state index contributed by atoms with van der Waals surface area (Å²) in [6, 6.07) is 9.80. The van der Waals surface area contributed by atoms with Crippen molar-refractivity contribution in [3.05, 3.63) is 69.0 Å². The summed E-state index contributed by atoms with van der Waals surface area (Å²) in [6.45, 7) is 5.18. The summed E-state index contributed by atoms with van der Waals surface area (Å²) >= 11 is 0. The van der Waals surface area contributed by atoms with Crippen LogP contribution in [0.1, 0.15) is 28.4 Å². The van der Waals surface area contributed by atoms with E-state index in [0.717, 1.165) is 29.8 Å². The third-order valence-corrected chi connectivity index (χ3v) is 5.46. The van der Waals surface area contributed by atoms with Gasteiger partial charge in [0, 0.05) is 43.5 Å². The van der Waals surface area contributed by atoms with Gasteiger partial charge >= 0.3 is 0 Å². The number of rotatable bonds is 6. The van der Waals surface area contributed by atoms with Gasteiger partial charge in [-0.3, -0.25) is 24.6 Å². The average Bonchev–Trinajstić information content (AvgIpc) is 2.75. The SMILES string of the molecule is CCc1ccccc1NC(=O)CN1CCN(C(=O)c2cc(F)c(C)c([N+](=O)[O-])c2)CC1. The first-order chi connectivity index (χ1) is 14.8. The molecule has 1 aliphatic heterocycles. The molecule has 0 saturated carbocycles. The van der Waals surface area contributed by atoms with Gasteiger partial charge in [0.05, 0.1) is 17.0 Å². The van der Waals surface area contributed by atoms with Gasteiger partial charge < -0.3 is 10.2 Å². The van der Waals surface area contributed by atoms with Crippen LogP contribution in [0.4, 0.5) is 15.8 Å². The second-order valence-electron chi connectivity index (χ2n) is 7.49. The predicted molar refractivity (Wildman–Crippen MR) is 115 cm³/mol. The normalized spacial score (nSPS) is 14.4. The number of carbonyl (C=O) groups is 2. The number of amides is 2. The fraction of sp³-hybridized carbons (Fsp3) is 0.364. The number of para-hydroxylation sites is 1. The van der Waals surface area contributed by atoms with Gasteiger partial charge in [0.2, 0.25) is 5.91 Å². The molecular formula is C22H25FN4O4. The number of benzene rings is 2. The van der Waals surface area contributed by atoms with Gasteiger partial charge in [-0.05, 0) is 31.0 Å². The van der Waals surface area contributed by atoms with E-state index < -0.39 is 22.3 Å². The minimum atomic E-state index is -0.778. The van der Waals surface area contributed by atoms with Crippen LogP contribution in [0.3, 0.4) is 0 Å². The van der Waals surface area contributed by atoms with Crippen molar-refractivity contribution in [2.45, 2.75) is 20.3 Å². The van der Waals surface area contributed by atoms with Crippen molar-refractivity contribution >= 4 is 23.2 Å². The molecule has 31 heavy (non-hydrogen) atoms.